The van der Waals surface area contributed by atoms with Crippen molar-refractivity contribution in [3.63, 3.8) is 0 Å². The van der Waals surface area contributed by atoms with Crippen LogP contribution < -0.4 is 4.72 Å². The first kappa shape index (κ1) is 24.1. The second kappa shape index (κ2) is 10.1. The number of sulfonamides is 1. The number of aromatic carboxylic acids is 1. The van der Waals surface area contributed by atoms with Gasteiger partial charge in [-0.3, -0.25) is 4.79 Å². The molecule has 3 aromatic rings. The molecule has 0 atom stereocenters. The normalized spacial score (nSPS) is 13.6. The van der Waals surface area contributed by atoms with Crippen LogP contribution in [0.3, 0.4) is 0 Å². The molecule has 1 aliphatic carbocycles. The Kier molecular flexibility index (Phi) is 7.13. The maximum atomic E-state index is 12.9. The van der Waals surface area contributed by atoms with Gasteiger partial charge in [-0.15, -0.1) is 0 Å². The van der Waals surface area contributed by atoms with Crippen LogP contribution in [0.25, 0.3) is 11.1 Å². The van der Waals surface area contributed by atoms with E-state index in [1.54, 1.807) is 18.2 Å². The molecule has 1 fully saturated rings. The van der Waals surface area contributed by atoms with Crippen molar-refractivity contribution in [2.24, 2.45) is 5.92 Å². The van der Waals surface area contributed by atoms with Crippen LogP contribution in [0.1, 0.15) is 59.1 Å². The molecular weight excluding hydrogens is 472 g/mol. The SMILES string of the molecule is CCCCc1nsc(C(=O)O)c1Cc1ccc(-c2ccccc2S(=O)(=O)NC(=O)C2CC2)cc1. The first-order chi connectivity index (χ1) is 16.3. The summed E-state index contributed by atoms with van der Waals surface area (Å²) in [4.78, 5) is 24.1. The van der Waals surface area contributed by atoms with E-state index in [2.05, 4.69) is 16.0 Å². The highest BCUT2D eigenvalue weighted by Crippen LogP contribution is 2.32. The summed E-state index contributed by atoms with van der Waals surface area (Å²) in [7, 11) is -4.00. The Hall–Kier alpha value is -3.04. The molecule has 4 rings (SSSR count). The molecule has 1 aliphatic rings. The van der Waals surface area contributed by atoms with Crippen molar-refractivity contribution in [1.82, 2.24) is 9.10 Å². The molecule has 0 unspecified atom stereocenters. The zero-order chi connectivity index (χ0) is 24.3. The number of benzene rings is 2. The van der Waals surface area contributed by atoms with Gasteiger partial charge in [0.1, 0.15) is 4.88 Å². The number of hydrogen-bond acceptors (Lipinski definition) is 6. The van der Waals surface area contributed by atoms with Crippen LogP contribution in [0.2, 0.25) is 0 Å². The third-order valence-electron chi connectivity index (χ3n) is 5.84. The van der Waals surface area contributed by atoms with Gasteiger partial charge in [-0.05, 0) is 54.4 Å². The van der Waals surface area contributed by atoms with Gasteiger partial charge in [0.2, 0.25) is 5.91 Å². The van der Waals surface area contributed by atoms with E-state index >= 15 is 0 Å². The van der Waals surface area contributed by atoms with Crippen LogP contribution in [0.15, 0.2) is 53.4 Å². The number of unbranched alkanes of at least 4 members (excludes halogenated alkanes) is 1. The summed E-state index contributed by atoms with van der Waals surface area (Å²) < 4.78 is 32.3. The van der Waals surface area contributed by atoms with Gasteiger partial charge in [0, 0.05) is 23.5 Å². The van der Waals surface area contributed by atoms with Crippen molar-refractivity contribution in [2.45, 2.75) is 50.3 Å². The molecule has 34 heavy (non-hydrogen) atoms. The summed E-state index contributed by atoms with van der Waals surface area (Å²) in [6.07, 6.45) is 4.55. The minimum Gasteiger partial charge on any atom is -0.477 e. The molecule has 1 aromatic heterocycles. The smallest absolute Gasteiger partial charge is 0.347 e. The highest BCUT2D eigenvalue weighted by molar-refractivity contribution is 7.90. The fourth-order valence-electron chi connectivity index (χ4n) is 3.80. The molecule has 0 radical (unpaired) electrons. The van der Waals surface area contributed by atoms with Crippen LogP contribution in [0, 0.1) is 5.92 Å². The molecule has 2 N–H and O–H groups in total. The Morgan fingerprint density at radius 2 is 1.82 bits per heavy atom. The molecular formula is C25H26N2O5S2. The number of aromatic nitrogens is 1. The maximum Gasteiger partial charge on any atom is 0.347 e. The van der Waals surface area contributed by atoms with Gasteiger partial charge in [0.25, 0.3) is 10.0 Å². The molecule has 9 heteroatoms. The number of aryl methyl sites for hydroxylation is 1. The number of nitrogens with one attached hydrogen (secondary N) is 1. The Bertz CT molecular complexity index is 1310. The summed E-state index contributed by atoms with van der Waals surface area (Å²) in [5, 5.41) is 9.57. The van der Waals surface area contributed by atoms with Gasteiger partial charge in [-0.1, -0.05) is 55.8 Å². The number of carboxylic acid groups (broad SMARTS) is 1. The number of amides is 1. The van der Waals surface area contributed by atoms with E-state index in [0.29, 0.717) is 30.4 Å². The van der Waals surface area contributed by atoms with Crippen LogP contribution in [-0.2, 0) is 27.7 Å². The van der Waals surface area contributed by atoms with E-state index in [4.69, 9.17) is 0 Å². The molecule has 0 saturated heterocycles. The largest absolute Gasteiger partial charge is 0.477 e. The van der Waals surface area contributed by atoms with Gasteiger partial charge in [-0.2, -0.15) is 4.37 Å². The lowest BCUT2D eigenvalue weighted by atomic mass is 9.98. The summed E-state index contributed by atoms with van der Waals surface area (Å²) in [5.41, 5.74) is 3.67. The molecule has 2 aromatic carbocycles. The Balaban J connectivity index is 1.60. The lowest BCUT2D eigenvalue weighted by Gasteiger charge is -2.12. The van der Waals surface area contributed by atoms with Crippen LogP contribution in [0.4, 0.5) is 0 Å². The number of carboxylic acids is 1. The monoisotopic (exact) mass is 498 g/mol. The first-order valence-corrected chi connectivity index (χ1v) is 13.5. The van der Waals surface area contributed by atoms with Crippen molar-refractivity contribution in [3.8, 4) is 11.1 Å². The molecule has 0 aliphatic heterocycles. The lowest BCUT2D eigenvalue weighted by molar-refractivity contribution is -0.120. The molecule has 0 bridgehead atoms. The Labute approximate surface area is 203 Å². The average Bonchev–Trinajstić information content (AvgIpc) is 3.60. The third-order valence-corrected chi connectivity index (χ3v) is 8.16. The fraction of sp³-hybridized carbons (Fsp3) is 0.320. The molecule has 1 heterocycles. The highest BCUT2D eigenvalue weighted by atomic mass is 32.2. The number of nitrogens with zero attached hydrogens (tertiary/aromatic N) is 1. The van der Waals surface area contributed by atoms with Crippen LogP contribution in [0.5, 0.6) is 0 Å². The van der Waals surface area contributed by atoms with E-state index in [9.17, 15) is 23.1 Å². The Morgan fingerprint density at radius 3 is 2.47 bits per heavy atom. The second-order valence-electron chi connectivity index (χ2n) is 8.46. The molecule has 7 nitrogen and oxygen atoms in total. The van der Waals surface area contributed by atoms with Crippen LogP contribution in [-0.4, -0.2) is 29.8 Å². The van der Waals surface area contributed by atoms with Gasteiger partial charge >= 0.3 is 5.97 Å². The number of carbonyl (C=O) groups is 2. The van der Waals surface area contributed by atoms with Crippen molar-refractivity contribution in [2.75, 3.05) is 0 Å². The van der Waals surface area contributed by atoms with E-state index in [1.807, 2.05) is 24.3 Å². The van der Waals surface area contributed by atoms with E-state index in [-0.39, 0.29) is 15.7 Å². The first-order valence-electron chi connectivity index (χ1n) is 11.3. The van der Waals surface area contributed by atoms with E-state index < -0.39 is 21.9 Å². The molecule has 178 valence electrons. The van der Waals surface area contributed by atoms with Crippen molar-refractivity contribution in [1.29, 1.82) is 0 Å². The van der Waals surface area contributed by atoms with Crippen molar-refractivity contribution >= 4 is 33.4 Å². The highest BCUT2D eigenvalue weighted by Gasteiger charge is 2.33. The quantitative estimate of drug-likeness (QED) is 0.420. The van der Waals surface area contributed by atoms with Crippen molar-refractivity contribution in [3.05, 3.63) is 70.2 Å². The predicted molar refractivity (Wildman–Crippen MR) is 130 cm³/mol. The zero-order valence-electron chi connectivity index (χ0n) is 18.8. The summed E-state index contributed by atoms with van der Waals surface area (Å²) in [6.45, 7) is 2.08. The fourth-order valence-corrected chi connectivity index (χ4v) is 5.85. The molecule has 1 saturated carbocycles. The topological polar surface area (TPSA) is 113 Å². The van der Waals surface area contributed by atoms with Crippen molar-refractivity contribution < 1.29 is 23.1 Å². The summed E-state index contributed by atoms with van der Waals surface area (Å²) >= 11 is 1.02. The minimum absolute atomic E-state index is 0.0498. The van der Waals surface area contributed by atoms with Gasteiger partial charge < -0.3 is 5.11 Å². The molecule has 1 amide bonds. The third kappa shape index (κ3) is 5.37. The van der Waals surface area contributed by atoms with E-state index in [1.165, 1.54) is 6.07 Å². The average molecular weight is 499 g/mol. The summed E-state index contributed by atoms with van der Waals surface area (Å²) in [6, 6.07) is 13.9. The second-order valence-corrected chi connectivity index (χ2v) is 10.9. The number of hydrogen-bond donors (Lipinski definition) is 2. The summed E-state index contributed by atoms with van der Waals surface area (Å²) in [5.74, 6) is -1.65. The van der Waals surface area contributed by atoms with Gasteiger partial charge in [0.05, 0.1) is 10.6 Å². The number of carbonyl (C=O) groups excluding carboxylic acids is 1. The minimum atomic E-state index is -4.00. The standard InChI is InChI=1S/C25H26N2O5S2/c1-2-3-7-21-20(23(25(29)30)33-26-21)15-16-9-11-17(12-10-16)19-6-4-5-8-22(19)34(31,32)27-24(28)18-13-14-18/h4-6,8-12,18H,2-3,7,13-15H2,1H3,(H,27,28)(H,29,30). The lowest BCUT2D eigenvalue weighted by Crippen LogP contribution is -2.32. The number of rotatable bonds is 10. The van der Waals surface area contributed by atoms with E-state index in [0.717, 1.165) is 47.6 Å². The zero-order valence-corrected chi connectivity index (χ0v) is 20.4. The predicted octanol–water partition coefficient (Wildman–Crippen LogP) is 4.66. The maximum absolute atomic E-state index is 12.9. The van der Waals surface area contributed by atoms with Gasteiger partial charge in [0.15, 0.2) is 0 Å². The Morgan fingerprint density at radius 1 is 1.12 bits per heavy atom. The molecule has 0 spiro atoms. The van der Waals surface area contributed by atoms with Crippen LogP contribution >= 0.6 is 11.5 Å². The van der Waals surface area contributed by atoms with Gasteiger partial charge in [-0.25, -0.2) is 17.9 Å².